The van der Waals surface area contributed by atoms with Gasteiger partial charge in [-0.2, -0.15) is 0 Å². The van der Waals surface area contributed by atoms with Crippen LogP contribution in [-0.2, 0) is 0 Å². The third-order valence-corrected chi connectivity index (χ3v) is 10.1. The third kappa shape index (κ3) is 29.8. The summed E-state index contributed by atoms with van der Waals surface area (Å²) in [5, 5.41) is 10.0. The topological polar surface area (TPSA) is 20.2 Å². The maximum atomic E-state index is 10.0. The zero-order valence-electron chi connectivity index (χ0n) is 29.4. The monoisotopic (exact) mass is 579 g/mol. The fraction of sp³-hybridized carbons (Fsp3) is 1.00. The number of hydrogen-bond acceptors (Lipinski definition) is 1. The lowest BCUT2D eigenvalue weighted by atomic mass is 9.72. The molecule has 0 aromatic rings. The van der Waals surface area contributed by atoms with E-state index in [1.165, 1.54) is 218 Å². The van der Waals surface area contributed by atoms with E-state index in [-0.39, 0.29) is 0 Å². The van der Waals surface area contributed by atoms with E-state index in [9.17, 15) is 5.11 Å². The van der Waals surface area contributed by atoms with Crippen molar-refractivity contribution >= 4 is 0 Å². The highest BCUT2D eigenvalue weighted by molar-refractivity contribution is 4.80. The van der Waals surface area contributed by atoms with Gasteiger partial charge in [-0.1, -0.05) is 220 Å². The van der Waals surface area contributed by atoms with Crippen molar-refractivity contribution in [3.05, 3.63) is 0 Å². The van der Waals surface area contributed by atoms with Crippen molar-refractivity contribution in [1.82, 2.24) is 0 Å². The van der Waals surface area contributed by atoms with E-state index in [2.05, 4.69) is 20.8 Å². The molecule has 0 heterocycles. The van der Waals surface area contributed by atoms with Gasteiger partial charge in [0.2, 0.25) is 0 Å². The van der Waals surface area contributed by atoms with Crippen molar-refractivity contribution in [1.29, 1.82) is 0 Å². The normalized spacial score (nSPS) is 13.2. The number of aliphatic hydroxyl groups is 1. The van der Waals surface area contributed by atoms with Crippen LogP contribution in [-0.4, -0.2) is 11.7 Å². The van der Waals surface area contributed by atoms with Gasteiger partial charge in [0.15, 0.2) is 0 Å². The van der Waals surface area contributed by atoms with Gasteiger partial charge >= 0.3 is 0 Å². The van der Waals surface area contributed by atoms with Crippen LogP contribution < -0.4 is 0 Å². The SMILES string of the molecule is CCCCCCCCCCCCCCCCCCCC(CCO)(CCCCCCCC)CCCCCCCCCC. The molecule has 0 spiro atoms. The van der Waals surface area contributed by atoms with Crippen LogP contribution in [0.5, 0.6) is 0 Å². The third-order valence-electron chi connectivity index (χ3n) is 10.1. The molecule has 248 valence electrons. The fourth-order valence-corrected chi connectivity index (χ4v) is 7.13. The summed E-state index contributed by atoms with van der Waals surface area (Å²) in [6.45, 7) is 7.33. The van der Waals surface area contributed by atoms with Crippen LogP contribution in [0.3, 0.4) is 0 Å². The Bertz CT molecular complexity index is 460. The molecule has 0 fully saturated rings. The van der Waals surface area contributed by atoms with Gasteiger partial charge in [-0.05, 0) is 31.1 Å². The molecule has 0 saturated heterocycles. The van der Waals surface area contributed by atoms with Crippen molar-refractivity contribution in [3.63, 3.8) is 0 Å². The molecule has 1 N–H and O–H groups in total. The molecular weight excluding hydrogens is 496 g/mol. The molecular formula is C40H82O. The summed E-state index contributed by atoms with van der Waals surface area (Å²) < 4.78 is 0. The predicted octanol–water partition coefficient (Wildman–Crippen LogP) is 14.7. The van der Waals surface area contributed by atoms with E-state index < -0.39 is 0 Å². The Morgan fingerprint density at radius 1 is 0.268 bits per heavy atom. The molecule has 0 saturated carbocycles. The molecule has 1 unspecified atom stereocenters. The zero-order valence-corrected chi connectivity index (χ0v) is 29.4. The van der Waals surface area contributed by atoms with Crippen LogP contribution >= 0.6 is 0 Å². The van der Waals surface area contributed by atoms with Crippen LogP contribution in [0.2, 0.25) is 0 Å². The highest BCUT2D eigenvalue weighted by atomic mass is 16.3. The number of aliphatic hydroxyl groups excluding tert-OH is 1. The lowest BCUT2D eigenvalue weighted by molar-refractivity contribution is 0.132. The van der Waals surface area contributed by atoms with E-state index in [0.29, 0.717) is 12.0 Å². The van der Waals surface area contributed by atoms with E-state index >= 15 is 0 Å². The minimum atomic E-state index is 0.395. The molecule has 0 amide bonds. The van der Waals surface area contributed by atoms with E-state index in [1.807, 2.05) is 0 Å². The molecule has 0 rings (SSSR count). The standard InChI is InChI=1S/C40H82O/c1-4-7-10-13-16-18-19-20-21-22-23-24-25-26-28-31-34-37-40(38-39-41,35-32-29-15-12-9-6-3)36-33-30-27-17-14-11-8-5-2/h41H,4-39H2,1-3H3. The second-order valence-corrected chi connectivity index (χ2v) is 14.1. The van der Waals surface area contributed by atoms with Crippen LogP contribution in [0, 0.1) is 5.41 Å². The summed E-state index contributed by atoms with van der Waals surface area (Å²) in [5.41, 5.74) is 0.428. The first kappa shape index (κ1) is 41.0. The summed E-state index contributed by atoms with van der Waals surface area (Å²) in [6.07, 6.45) is 49.5. The second-order valence-electron chi connectivity index (χ2n) is 14.1. The van der Waals surface area contributed by atoms with Crippen molar-refractivity contribution in [2.45, 2.75) is 245 Å². The zero-order chi connectivity index (χ0) is 30.0. The highest BCUT2D eigenvalue weighted by Gasteiger charge is 2.28. The van der Waals surface area contributed by atoms with Gasteiger partial charge in [-0.25, -0.2) is 0 Å². The average Bonchev–Trinajstić information content (AvgIpc) is 2.98. The largest absolute Gasteiger partial charge is 0.396 e. The van der Waals surface area contributed by atoms with E-state index in [4.69, 9.17) is 0 Å². The summed E-state index contributed by atoms with van der Waals surface area (Å²) >= 11 is 0. The van der Waals surface area contributed by atoms with Gasteiger partial charge in [0, 0.05) is 6.61 Å². The summed E-state index contributed by atoms with van der Waals surface area (Å²) in [6, 6.07) is 0. The Kier molecular flexibility index (Phi) is 34.4. The molecule has 0 aromatic heterocycles. The molecule has 1 nitrogen and oxygen atoms in total. The highest BCUT2D eigenvalue weighted by Crippen LogP contribution is 2.40. The second kappa shape index (κ2) is 34.5. The summed E-state index contributed by atoms with van der Waals surface area (Å²) in [7, 11) is 0. The lowest BCUT2D eigenvalue weighted by Crippen LogP contribution is -2.23. The molecule has 0 aliphatic rings. The van der Waals surface area contributed by atoms with Gasteiger partial charge in [0.25, 0.3) is 0 Å². The van der Waals surface area contributed by atoms with Gasteiger partial charge in [-0.15, -0.1) is 0 Å². The molecule has 41 heavy (non-hydrogen) atoms. The fourth-order valence-electron chi connectivity index (χ4n) is 7.13. The van der Waals surface area contributed by atoms with Crippen molar-refractivity contribution in [2.24, 2.45) is 5.41 Å². The maximum absolute atomic E-state index is 10.0. The van der Waals surface area contributed by atoms with Crippen molar-refractivity contribution < 1.29 is 5.11 Å². The van der Waals surface area contributed by atoms with Crippen LogP contribution in [0.4, 0.5) is 0 Å². The predicted molar refractivity (Wildman–Crippen MR) is 188 cm³/mol. The smallest absolute Gasteiger partial charge is 0.0436 e. The maximum Gasteiger partial charge on any atom is 0.0436 e. The Labute approximate surface area is 262 Å². The number of hydrogen-bond donors (Lipinski definition) is 1. The van der Waals surface area contributed by atoms with E-state index in [1.54, 1.807) is 0 Å². The molecule has 1 atom stereocenters. The van der Waals surface area contributed by atoms with Crippen molar-refractivity contribution in [3.8, 4) is 0 Å². The quantitative estimate of drug-likeness (QED) is 0.0733. The van der Waals surface area contributed by atoms with Crippen molar-refractivity contribution in [2.75, 3.05) is 6.61 Å². The van der Waals surface area contributed by atoms with Crippen LogP contribution in [0.15, 0.2) is 0 Å². The van der Waals surface area contributed by atoms with Gasteiger partial charge in [0.1, 0.15) is 0 Å². The van der Waals surface area contributed by atoms with E-state index in [0.717, 1.165) is 6.42 Å². The van der Waals surface area contributed by atoms with Crippen LogP contribution in [0.1, 0.15) is 245 Å². The first-order chi connectivity index (χ1) is 20.2. The first-order valence-electron chi connectivity index (χ1n) is 19.9. The average molecular weight is 579 g/mol. The molecule has 0 aliphatic carbocycles. The summed E-state index contributed by atoms with van der Waals surface area (Å²) in [5.74, 6) is 0. The Morgan fingerprint density at radius 3 is 0.659 bits per heavy atom. The molecule has 0 radical (unpaired) electrons. The van der Waals surface area contributed by atoms with Crippen LogP contribution in [0.25, 0.3) is 0 Å². The lowest BCUT2D eigenvalue weighted by Gasteiger charge is -2.34. The first-order valence-corrected chi connectivity index (χ1v) is 19.9. The number of unbranched alkanes of at least 4 members (excludes halogenated alkanes) is 28. The minimum Gasteiger partial charge on any atom is -0.396 e. The summed E-state index contributed by atoms with van der Waals surface area (Å²) in [4.78, 5) is 0. The van der Waals surface area contributed by atoms with Gasteiger partial charge < -0.3 is 5.11 Å². The minimum absolute atomic E-state index is 0.395. The Balaban J connectivity index is 4.08. The molecule has 1 heteroatoms. The molecule has 0 aliphatic heterocycles. The van der Waals surface area contributed by atoms with Gasteiger partial charge in [-0.3, -0.25) is 0 Å². The molecule has 0 aromatic carbocycles. The number of rotatable bonds is 36. The Hall–Kier alpha value is -0.0400. The molecule has 0 bridgehead atoms. The Morgan fingerprint density at radius 2 is 0.463 bits per heavy atom. The van der Waals surface area contributed by atoms with Gasteiger partial charge in [0.05, 0.1) is 0 Å².